The lowest BCUT2D eigenvalue weighted by atomic mass is 9.87. The molecule has 0 saturated carbocycles. The first-order valence-electron chi connectivity index (χ1n) is 13.6. The number of esters is 2. The Balaban J connectivity index is 3.30. The molecule has 1 aromatic carbocycles. The van der Waals surface area contributed by atoms with Gasteiger partial charge in [-0.05, 0) is 48.8 Å². The third-order valence-electron chi connectivity index (χ3n) is 6.40. The van der Waals surface area contributed by atoms with E-state index in [9.17, 15) is 24.3 Å². The van der Waals surface area contributed by atoms with Gasteiger partial charge in [0.2, 0.25) is 0 Å². The number of carboxylic acids is 1. The highest BCUT2D eigenvalue weighted by molar-refractivity contribution is 5.77. The molecule has 0 amide bonds. The number of hydrogen-bond acceptors (Lipinski definition) is 9. The maximum absolute atomic E-state index is 12.6. The fraction of sp³-hybridized carbons (Fsp3) is 0.655. The molecule has 4 unspecified atom stereocenters. The Morgan fingerprint density at radius 1 is 0.872 bits per heavy atom. The molecule has 0 bridgehead atoms. The predicted molar refractivity (Wildman–Crippen MR) is 146 cm³/mol. The number of aliphatic carboxylic acids is 1. The van der Waals surface area contributed by atoms with Crippen molar-refractivity contribution in [2.24, 2.45) is 23.5 Å². The molecule has 0 aliphatic heterocycles. The van der Waals surface area contributed by atoms with Gasteiger partial charge in [-0.25, -0.2) is 4.79 Å². The maximum atomic E-state index is 12.6. The van der Waals surface area contributed by atoms with Crippen LogP contribution in [0.5, 0.6) is 11.5 Å². The van der Waals surface area contributed by atoms with Crippen molar-refractivity contribution in [2.75, 3.05) is 6.61 Å². The molecule has 0 saturated heterocycles. The standard InChI is InChI=1S/C29H45NO9/c1-8-18(5)12-25(31)38-23-11-10-21(15-24(23)39-26(32)13-19(6)9-2)22(27(30)28(33)34)14-20(7)37-29(35)36-16-17(3)4/h10-11,15,17-20,22,27H,8-9,12-14,16,30H2,1-7H3,(H,33,34)/t18?,19?,20?,22?,27-/m0/s1. The average Bonchev–Trinajstić information content (AvgIpc) is 2.86. The fourth-order valence-corrected chi connectivity index (χ4v) is 3.61. The molecular weight excluding hydrogens is 506 g/mol. The highest BCUT2D eigenvalue weighted by atomic mass is 16.7. The van der Waals surface area contributed by atoms with Gasteiger partial charge < -0.3 is 29.8 Å². The lowest BCUT2D eigenvalue weighted by molar-refractivity contribution is -0.139. The zero-order chi connectivity index (χ0) is 29.7. The molecule has 0 spiro atoms. The molecule has 0 fully saturated rings. The summed E-state index contributed by atoms with van der Waals surface area (Å²) in [4.78, 5) is 49.0. The molecular formula is C29H45NO9. The third kappa shape index (κ3) is 12.5. The molecule has 39 heavy (non-hydrogen) atoms. The lowest BCUT2D eigenvalue weighted by Gasteiger charge is -2.25. The van der Waals surface area contributed by atoms with Crippen LogP contribution in [-0.2, 0) is 23.9 Å². The molecule has 10 nitrogen and oxygen atoms in total. The normalized spacial score (nSPS) is 15.0. The second kappa shape index (κ2) is 16.7. The van der Waals surface area contributed by atoms with Crippen molar-refractivity contribution < 1.29 is 43.2 Å². The summed E-state index contributed by atoms with van der Waals surface area (Å²) in [7, 11) is 0. The Hall–Kier alpha value is -3.14. The van der Waals surface area contributed by atoms with Crippen LogP contribution in [-0.4, -0.2) is 47.9 Å². The molecule has 0 heterocycles. The highest BCUT2D eigenvalue weighted by Gasteiger charge is 2.30. The zero-order valence-corrected chi connectivity index (χ0v) is 24.2. The second-order valence-electron chi connectivity index (χ2n) is 10.7. The van der Waals surface area contributed by atoms with Gasteiger partial charge in [0.15, 0.2) is 11.5 Å². The molecule has 0 aliphatic rings. The maximum Gasteiger partial charge on any atom is 0.508 e. The molecule has 0 aromatic heterocycles. The molecule has 3 N–H and O–H groups in total. The fourth-order valence-electron chi connectivity index (χ4n) is 3.61. The van der Waals surface area contributed by atoms with Gasteiger partial charge in [0.25, 0.3) is 0 Å². The van der Waals surface area contributed by atoms with Gasteiger partial charge in [-0.3, -0.25) is 14.4 Å². The van der Waals surface area contributed by atoms with Crippen LogP contribution in [0.25, 0.3) is 0 Å². The minimum Gasteiger partial charge on any atom is -0.480 e. The molecule has 1 rings (SSSR count). The topological polar surface area (TPSA) is 151 Å². The van der Waals surface area contributed by atoms with E-state index in [0.29, 0.717) is 5.56 Å². The van der Waals surface area contributed by atoms with Crippen molar-refractivity contribution in [1.29, 1.82) is 0 Å². The van der Waals surface area contributed by atoms with Crippen molar-refractivity contribution in [2.45, 2.75) is 98.6 Å². The first-order chi connectivity index (χ1) is 18.3. The molecule has 0 aliphatic carbocycles. The van der Waals surface area contributed by atoms with Gasteiger partial charge >= 0.3 is 24.1 Å². The van der Waals surface area contributed by atoms with Crippen molar-refractivity contribution >= 4 is 24.1 Å². The van der Waals surface area contributed by atoms with Crippen LogP contribution in [0.3, 0.4) is 0 Å². The summed E-state index contributed by atoms with van der Waals surface area (Å²) in [6.45, 7) is 13.3. The van der Waals surface area contributed by atoms with Crippen molar-refractivity contribution in [1.82, 2.24) is 0 Å². The van der Waals surface area contributed by atoms with E-state index >= 15 is 0 Å². The van der Waals surface area contributed by atoms with Crippen LogP contribution in [0.4, 0.5) is 4.79 Å². The van der Waals surface area contributed by atoms with E-state index in [1.807, 2.05) is 41.5 Å². The summed E-state index contributed by atoms with van der Waals surface area (Å²) < 4.78 is 21.5. The van der Waals surface area contributed by atoms with E-state index in [2.05, 4.69) is 0 Å². The van der Waals surface area contributed by atoms with Gasteiger partial charge in [-0.15, -0.1) is 0 Å². The summed E-state index contributed by atoms with van der Waals surface area (Å²) in [5.74, 6) is -2.71. The van der Waals surface area contributed by atoms with Gasteiger partial charge in [0, 0.05) is 18.8 Å². The van der Waals surface area contributed by atoms with E-state index < -0.39 is 42.1 Å². The van der Waals surface area contributed by atoms with E-state index in [1.54, 1.807) is 13.0 Å². The monoisotopic (exact) mass is 551 g/mol. The van der Waals surface area contributed by atoms with Crippen LogP contribution < -0.4 is 15.2 Å². The van der Waals surface area contributed by atoms with Crippen molar-refractivity contribution in [3.8, 4) is 11.5 Å². The number of rotatable bonds is 16. The molecule has 220 valence electrons. The Kier molecular flexibility index (Phi) is 14.5. The van der Waals surface area contributed by atoms with Gasteiger partial charge in [-0.1, -0.05) is 60.5 Å². The largest absolute Gasteiger partial charge is 0.508 e. The van der Waals surface area contributed by atoms with Crippen LogP contribution in [0.15, 0.2) is 18.2 Å². The van der Waals surface area contributed by atoms with E-state index in [0.717, 1.165) is 12.8 Å². The van der Waals surface area contributed by atoms with Crippen molar-refractivity contribution in [3.63, 3.8) is 0 Å². The first-order valence-corrected chi connectivity index (χ1v) is 13.6. The minimum atomic E-state index is -1.36. The summed E-state index contributed by atoms with van der Waals surface area (Å²) >= 11 is 0. The summed E-state index contributed by atoms with van der Waals surface area (Å²) in [5.41, 5.74) is 6.45. The summed E-state index contributed by atoms with van der Waals surface area (Å²) in [6.07, 6.45) is 0.378. The molecule has 1 aromatic rings. The number of ether oxygens (including phenoxy) is 4. The summed E-state index contributed by atoms with van der Waals surface area (Å²) in [5, 5.41) is 9.66. The van der Waals surface area contributed by atoms with Crippen LogP contribution in [0, 0.1) is 17.8 Å². The number of carbonyl (C=O) groups is 4. The minimum absolute atomic E-state index is 0.00851. The number of carbonyl (C=O) groups excluding carboxylic acids is 3. The van der Waals surface area contributed by atoms with Gasteiger partial charge in [-0.2, -0.15) is 0 Å². The number of carboxylic acid groups (broad SMARTS) is 1. The van der Waals surface area contributed by atoms with Crippen LogP contribution in [0.1, 0.15) is 92.1 Å². The SMILES string of the molecule is CCC(C)CC(=O)Oc1ccc(C(CC(C)OC(=O)OCC(C)C)[C@H](N)C(=O)O)cc1OC(=O)CC(C)CC. The third-order valence-corrected chi connectivity index (χ3v) is 6.40. The number of hydrogen-bond donors (Lipinski definition) is 2. The Bertz CT molecular complexity index is 962. The summed E-state index contributed by atoms with van der Waals surface area (Å²) in [6, 6.07) is 3.12. The molecule has 10 heteroatoms. The zero-order valence-electron chi connectivity index (χ0n) is 24.2. The highest BCUT2D eigenvalue weighted by Crippen LogP contribution is 2.35. The quantitative estimate of drug-likeness (QED) is 0.200. The Morgan fingerprint density at radius 3 is 1.90 bits per heavy atom. The lowest BCUT2D eigenvalue weighted by Crippen LogP contribution is -2.38. The number of benzene rings is 1. The van der Waals surface area contributed by atoms with E-state index in [1.165, 1.54) is 12.1 Å². The van der Waals surface area contributed by atoms with Crippen LogP contribution in [0.2, 0.25) is 0 Å². The molecule has 0 radical (unpaired) electrons. The van der Waals surface area contributed by atoms with Gasteiger partial charge in [0.05, 0.1) is 6.61 Å². The smallest absolute Gasteiger partial charge is 0.480 e. The second-order valence-corrected chi connectivity index (χ2v) is 10.7. The molecule has 5 atom stereocenters. The van der Waals surface area contributed by atoms with Gasteiger partial charge in [0.1, 0.15) is 12.1 Å². The Labute approximate surface area is 231 Å². The Morgan fingerprint density at radius 2 is 1.41 bits per heavy atom. The predicted octanol–water partition coefficient (Wildman–Crippen LogP) is 5.45. The van der Waals surface area contributed by atoms with E-state index in [-0.39, 0.29) is 55.1 Å². The average molecular weight is 552 g/mol. The van der Waals surface area contributed by atoms with Crippen LogP contribution >= 0.6 is 0 Å². The van der Waals surface area contributed by atoms with E-state index in [4.69, 9.17) is 24.7 Å². The van der Waals surface area contributed by atoms with Crippen molar-refractivity contribution in [3.05, 3.63) is 23.8 Å². The first kappa shape index (κ1) is 33.9. The number of nitrogens with two attached hydrogens (primary N) is 1.